The van der Waals surface area contributed by atoms with Crippen LogP contribution >= 0.6 is 0 Å². The van der Waals surface area contributed by atoms with Gasteiger partial charge in [-0.1, -0.05) is 18.2 Å². The molecular formula is C19H20N4. The maximum atomic E-state index is 4.10. The number of hydrogen-bond acceptors (Lipinski definition) is 3. The second-order valence-electron chi connectivity index (χ2n) is 7.09. The average molecular weight is 304 g/mol. The van der Waals surface area contributed by atoms with Gasteiger partial charge in [-0.05, 0) is 29.7 Å². The van der Waals surface area contributed by atoms with E-state index in [1.165, 1.54) is 48.5 Å². The Kier molecular flexibility index (Phi) is 2.76. The van der Waals surface area contributed by atoms with Crippen molar-refractivity contribution in [2.75, 3.05) is 31.1 Å². The van der Waals surface area contributed by atoms with Crippen molar-refractivity contribution in [3.63, 3.8) is 0 Å². The maximum Gasteiger partial charge on any atom is 0.0456 e. The van der Waals surface area contributed by atoms with E-state index in [2.05, 4.69) is 62.2 Å². The van der Waals surface area contributed by atoms with Crippen molar-refractivity contribution < 1.29 is 0 Å². The molecule has 4 heterocycles. The van der Waals surface area contributed by atoms with Crippen molar-refractivity contribution in [1.82, 2.24) is 14.9 Å². The van der Waals surface area contributed by atoms with E-state index in [0.717, 1.165) is 6.54 Å². The molecule has 5 rings (SSSR count). The minimum absolute atomic E-state index is 0.523. The Morgan fingerprint density at radius 2 is 1.78 bits per heavy atom. The third kappa shape index (κ3) is 2.21. The van der Waals surface area contributed by atoms with Crippen LogP contribution in [0.1, 0.15) is 5.69 Å². The van der Waals surface area contributed by atoms with Gasteiger partial charge in [0.05, 0.1) is 0 Å². The molecule has 0 unspecified atom stereocenters. The van der Waals surface area contributed by atoms with Crippen molar-refractivity contribution in [2.24, 2.45) is 5.41 Å². The summed E-state index contributed by atoms with van der Waals surface area (Å²) in [5.74, 6) is 0. The van der Waals surface area contributed by atoms with Crippen molar-refractivity contribution >= 4 is 16.6 Å². The average Bonchev–Trinajstić information content (AvgIpc) is 2.91. The number of H-pyrrole nitrogens is 1. The highest BCUT2D eigenvalue weighted by Crippen LogP contribution is 2.42. The first-order chi connectivity index (χ1) is 11.3. The van der Waals surface area contributed by atoms with Crippen LogP contribution in [0.5, 0.6) is 0 Å². The molecule has 116 valence electrons. The molecule has 23 heavy (non-hydrogen) atoms. The largest absolute Gasteiger partial charge is 0.370 e. The van der Waals surface area contributed by atoms with Gasteiger partial charge in [-0.15, -0.1) is 0 Å². The molecule has 1 N–H and O–H groups in total. The van der Waals surface area contributed by atoms with Crippen LogP contribution in [0.3, 0.4) is 0 Å². The molecule has 1 spiro atoms. The van der Waals surface area contributed by atoms with Crippen LogP contribution in [0.4, 0.5) is 5.69 Å². The Labute approximate surface area is 135 Å². The number of aromatic nitrogens is 2. The third-order valence-electron chi connectivity index (χ3n) is 5.18. The number of pyridine rings is 1. The van der Waals surface area contributed by atoms with Crippen LogP contribution in [0.25, 0.3) is 10.9 Å². The minimum atomic E-state index is 0.523. The number of aromatic amines is 1. The lowest BCUT2D eigenvalue weighted by atomic mass is 9.72. The Balaban J connectivity index is 1.19. The lowest BCUT2D eigenvalue weighted by molar-refractivity contribution is -0.0279. The summed E-state index contributed by atoms with van der Waals surface area (Å²) in [7, 11) is 0. The molecule has 0 aliphatic carbocycles. The van der Waals surface area contributed by atoms with Crippen molar-refractivity contribution in [2.45, 2.75) is 6.54 Å². The minimum Gasteiger partial charge on any atom is -0.370 e. The Morgan fingerprint density at radius 3 is 2.57 bits per heavy atom. The van der Waals surface area contributed by atoms with Crippen LogP contribution < -0.4 is 4.90 Å². The van der Waals surface area contributed by atoms with E-state index in [1.807, 2.05) is 12.4 Å². The van der Waals surface area contributed by atoms with E-state index in [-0.39, 0.29) is 0 Å². The SMILES string of the molecule is c1ccc2[nH]c(CN3CC4(C3)CN(c3ccncc3)C4)cc2c1. The fraction of sp³-hybridized carbons (Fsp3) is 0.316. The number of nitrogens with one attached hydrogen (secondary N) is 1. The Bertz CT molecular complexity index is 792. The number of nitrogens with zero attached hydrogens (tertiary/aromatic N) is 3. The molecule has 1 aromatic carbocycles. The maximum absolute atomic E-state index is 4.10. The van der Waals surface area contributed by atoms with Gasteiger partial charge in [-0.3, -0.25) is 9.88 Å². The highest BCUT2D eigenvalue weighted by atomic mass is 15.3. The first kappa shape index (κ1) is 13.1. The van der Waals surface area contributed by atoms with Gasteiger partial charge in [0.25, 0.3) is 0 Å². The molecule has 2 aliphatic rings. The highest BCUT2D eigenvalue weighted by Gasteiger charge is 2.51. The second kappa shape index (κ2) is 4.83. The van der Waals surface area contributed by atoms with Crippen LogP contribution in [0.2, 0.25) is 0 Å². The number of rotatable bonds is 3. The molecule has 2 saturated heterocycles. The molecule has 0 amide bonds. The number of para-hydroxylation sites is 1. The first-order valence-electron chi connectivity index (χ1n) is 8.24. The quantitative estimate of drug-likeness (QED) is 0.808. The number of fused-ring (bicyclic) bond motifs is 1. The van der Waals surface area contributed by atoms with E-state index in [0.29, 0.717) is 5.41 Å². The Hall–Kier alpha value is -2.33. The van der Waals surface area contributed by atoms with Gasteiger partial charge in [0.2, 0.25) is 0 Å². The summed E-state index contributed by atoms with van der Waals surface area (Å²) in [4.78, 5) is 12.6. The molecule has 2 aromatic heterocycles. The zero-order valence-corrected chi connectivity index (χ0v) is 13.1. The molecule has 0 saturated carbocycles. The molecule has 2 aliphatic heterocycles. The molecule has 0 bridgehead atoms. The summed E-state index contributed by atoms with van der Waals surface area (Å²) in [6.45, 7) is 5.82. The first-order valence-corrected chi connectivity index (χ1v) is 8.24. The molecule has 4 nitrogen and oxygen atoms in total. The smallest absolute Gasteiger partial charge is 0.0456 e. The van der Waals surface area contributed by atoms with Crippen molar-refractivity contribution in [1.29, 1.82) is 0 Å². The zero-order chi connectivity index (χ0) is 15.3. The van der Waals surface area contributed by atoms with Gasteiger partial charge < -0.3 is 9.88 Å². The highest BCUT2D eigenvalue weighted by molar-refractivity contribution is 5.80. The topological polar surface area (TPSA) is 35.2 Å². The van der Waals surface area contributed by atoms with E-state index < -0.39 is 0 Å². The third-order valence-corrected chi connectivity index (χ3v) is 5.18. The predicted octanol–water partition coefficient (Wildman–Crippen LogP) is 2.89. The van der Waals surface area contributed by atoms with Gasteiger partial charge in [-0.25, -0.2) is 0 Å². The van der Waals surface area contributed by atoms with E-state index in [4.69, 9.17) is 0 Å². The van der Waals surface area contributed by atoms with Gasteiger partial charge in [0.1, 0.15) is 0 Å². The van der Waals surface area contributed by atoms with Gasteiger partial charge in [0.15, 0.2) is 0 Å². The Morgan fingerprint density at radius 1 is 1.00 bits per heavy atom. The van der Waals surface area contributed by atoms with E-state index >= 15 is 0 Å². The number of hydrogen-bond donors (Lipinski definition) is 1. The zero-order valence-electron chi connectivity index (χ0n) is 13.1. The molecule has 0 atom stereocenters. The molecule has 2 fully saturated rings. The fourth-order valence-electron chi connectivity index (χ4n) is 4.17. The molecule has 0 radical (unpaired) electrons. The lowest BCUT2D eigenvalue weighted by Gasteiger charge is -2.61. The number of likely N-dealkylation sites (tertiary alicyclic amines) is 1. The van der Waals surface area contributed by atoms with E-state index in [9.17, 15) is 0 Å². The van der Waals surface area contributed by atoms with Gasteiger partial charge in [-0.2, -0.15) is 0 Å². The van der Waals surface area contributed by atoms with Crippen LogP contribution in [0.15, 0.2) is 54.9 Å². The normalized spacial score (nSPS) is 19.7. The lowest BCUT2D eigenvalue weighted by Crippen LogP contribution is -2.71. The molecule has 4 heteroatoms. The standard InChI is InChI=1S/C19H20N4/c1-2-4-18-15(3-1)9-16(21-18)10-22-11-19(12-22)13-23(14-19)17-5-7-20-8-6-17/h1-9,21H,10-14H2. The summed E-state index contributed by atoms with van der Waals surface area (Å²) in [6.07, 6.45) is 3.76. The summed E-state index contributed by atoms with van der Waals surface area (Å²) in [6, 6.07) is 15.0. The van der Waals surface area contributed by atoms with Gasteiger partial charge >= 0.3 is 0 Å². The summed E-state index contributed by atoms with van der Waals surface area (Å²) < 4.78 is 0. The molecular weight excluding hydrogens is 284 g/mol. The number of benzene rings is 1. The summed E-state index contributed by atoms with van der Waals surface area (Å²) >= 11 is 0. The van der Waals surface area contributed by atoms with Crippen LogP contribution in [0, 0.1) is 5.41 Å². The van der Waals surface area contributed by atoms with Crippen molar-refractivity contribution in [3.05, 3.63) is 60.6 Å². The van der Waals surface area contributed by atoms with Gasteiger partial charge in [0, 0.05) is 67.4 Å². The monoisotopic (exact) mass is 304 g/mol. The summed E-state index contributed by atoms with van der Waals surface area (Å²) in [5, 5.41) is 1.31. The summed E-state index contributed by atoms with van der Waals surface area (Å²) in [5.41, 5.74) is 4.39. The predicted molar refractivity (Wildman–Crippen MR) is 92.5 cm³/mol. The van der Waals surface area contributed by atoms with Crippen LogP contribution in [-0.4, -0.2) is 41.0 Å². The number of anilines is 1. The van der Waals surface area contributed by atoms with Crippen molar-refractivity contribution in [3.8, 4) is 0 Å². The fourth-order valence-corrected chi connectivity index (χ4v) is 4.17. The van der Waals surface area contributed by atoms with Crippen LogP contribution in [-0.2, 0) is 6.54 Å². The molecule has 3 aromatic rings. The van der Waals surface area contributed by atoms with E-state index in [1.54, 1.807) is 0 Å². The second-order valence-corrected chi connectivity index (χ2v) is 7.09.